The van der Waals surface area contributed by atoms with Crippen LogP contribution in [0.2, 0.25) is 0 Å². The largest absolute Gasteiger partial charge is 0.456 e. The molecule has 0 unspecified atom stereocenters. The molecule has 0 amide bonds. The van der Waals surface area contributed by atoms with Crippen LogP contribution in [0.15, 0.2) is 94.9 Å². The van der Waals surface area contributed by atoms with Gasteiger partial charge < -0.3 is 13.8 Å². The Morgan fingerprint density at radius 2 is 1.57 bits per heavy atom. The molecular weight excluding hydrogens is 493 g/mol. The van der Waals surface area contributed by atoms with Crippen LogP contribution in [0.25, 0.3) is 11.4 Å². The number of non-ortho nitro benzene ring substituents is 1. The third-order valence-electron chi connectivity index (χ3n) is 5.77. The molecule has 10 heteroatoms. The van der Waals surface area contributed by atoms with Crippen LogP contribution in [0.4, 0.5) is 17.1 Å². The molecule has 1 saturated heterocycles. The number of hydrogen-bond donors (Lipinski definition) is 0. The van der Waals surface area contributed by atoms with Crippen molar-refractivity contribution in [1.82, 2.24) is 0 Å². The van der Waals surface area contributed by atoms with Gasteiger partial charge in [0, 0.05) is 23.1 Å². The molecule has 2 heterocycles. The van der Waals surface area contributed by atoms with Gasteiger partial charge in [0.2, 0.25) is 0 Å². The number of benzene rings is 3. The highest BCUT2D eigenvalue weighted by atomic mass is 31.2. The minimum Gasteiger partial charge on any atom is -0.456 e. The first-order valence-corrected chi connectivity index (χ1v) is 13.1. The van der Waals surface area contributed by atoms with E-state index in [4.69, 9.17) is 13.8 Å². The van der Waals surface area contributed by atoms with E-state index in [0.29, 0.717) is 47.0 Å². The smallest absolute Gasteiger partial charge is 0.365 e. The minimum absolute atomic E-state index is 0.0104. The molecule has 9 nitrogen and oxygen atoms in total. The van der Waals surface area contributed by atoms with Crippen LogP contribution in [0.3, 0.4) is 0 Å². The van der Waals surface area contributed by atoms with E-state index >= 15 is 0 Å². The van der Waals surface area contributed by atoms with Crippen molar-refractivity contribution in [2.45, 2.75) is 13.8 Å². The third kappa shape index (κ3) is 5.44. The molecule has 2 aliphatic heterocycles. The molecule has 0 saturated carbocycles. The zero-order chi connectivity index (χ0) is 26.0. The number of hydrogen-bond acceptors (Lipinski definition) is 8. The Labute approximate surface area is 213 Å². The maximum atomic E-state index is 13.9. The van der Waals surface area contributed by atoms with Crippen LogP contribution in [0, 0.1) is 15.5 Å². The van der Waals surface area contributed by atoms with Gasteiger partial charge in [-0.05, 0) is 48.0 Å². The molecular formula is C27H24N3O6P. The molecule has 3 aromatic rings. The Morgan fingerprint density at radius 3 is 2.24 bits per heavy atom. The Balaban J connectivity index is 1.44. The Morgan fingerprint density at radius 1 is 0.919 bits per heavy atom. The fraction of sp³-hybridized carbons (Fsp3) is 0.185. The molecule has 0 radical (unpaired) electrons. The summed E-state index contributed by atoms with van der Waals surface area (Å²) >= 11 is 0. The maximum Gasteiger partial charge on any atom is 0.365 e. The van der Waals surface area contributed by atoms with Crippen LogP contribution in [-0.2, 0) is 13.6 Å². The molecule has 3 aromatic carbocycles. The summed E-state index contributed by atoms with van der Waals surface area (Å²) in [6.45, 7) is 4.60. The molecule has 0 bridgehead atoms. The van der Waals surface area contributed by atoms with Gasteiger partial charge in [0.05, 0.1) is 29.5 Å². The molecule has 0 aliphatic carbocycles. The van der Waals surface area contributed by atoms with E-state index in [2.05, 4.69) is 10.2 Å². The quantitative estimate of drug-likeness (QED) is 0.146. The second-order valence-corrected chi connectivity index (χ2v) is 11.4. The molecule has 2 aliphatic rings. The van der Waals surface area contributed by atoms with E-state index in [9.17, 15) is 14.7 Å². The van der Waals surface area contributed by atoms with E-state index in [0.717, 1.165) is 5.56 Å². The molecule has 188 valence electrons. The number of allylic oxidation sites excluding steroid dienone is 1. The number of ether oxygens (including phenoxy) is 1. The average molecular weight is 517 g/mol. The Bertz CT molecular complexity index is 1470. The summed E-state index contributed by atoms with van der Waals surface area (Å²) in [5.74, 6) is 0.950. The van der Waals surface area contributed by atoms with Crippen molar-refractivity contribution < 1.29 is 23.3 Å². The zero-order valence-corrected chi connectivity index (χ0v) is 21.1. The van der Waals surface area contributed by atoms with E-state index < -0.39 is 12.5 Å². The molecule has 0 aromatic heterocycles. The van der Waals surface area contributed by atoms with Crippen LogP contribution < -0.4 is 4.74 Å². The van der Waals surface area contributed by atoms with Crippen molar-refractivity contribution in [3.05, 3.63) is 106 Å². The van der Waals surface area contributed by atoms with Gasteiger partial charge in [0.25, 0.3) is 5.69 Å². The summed E-state index contributed by atoms with van der Waals surface area (Å²) < 4.78 is 31.8. The van der Waals surface area contributed by atoms with Crippen molar-refractivity contribution >= 4 is 36.0 Å². The topological polar surface area (TPSA) is 113 Å². The lowest BCUT2D eigenvalue weighted by Gasteiger charge is -2.35. The van der Waals surface area contributed by atoms with Crippen molar-refractivity contribution in [3.8, 4) is 5.75 Å². The van der Waals surface area contributed by atoms with Gasteiger partial charge in [-0.1, -0.05) is 44.2 Å². The summed E-state index contributed by atoms with van der Waals surface area (Å²) in [6, 6.07) is 20.4. The van der Waals surface area contributed by atoms with Gasteiger partial charge in [-0.2, -0.15) is 10.2 Å². The molecule has 0 N–H and O–H groups in total. The monoisotopic (exact) mass is 517 g/mol. The first kappa shape index (κ1) is 24.8. The minimum atomic E-state index is -3.64. The van der Waals surface area contributed by atoms with Gasteiger partial charge in [0.15, 0.2) is 0 Å². The fourth-order valence-electron chi connectivity index (χ4n) is 3.78. The lowest BCUT2D eigenvalue weighted by Crippen LogP contribution is -2.29. The summed E-state index contributed by atoms with van der Waals surface area (Å²) in [6.07, 6.45) is 3.59. The number of nitro groups is 1. The normalized spacial score (nSPS) is 19.2. The first-order valence-electron chi connectivity index (χ1n) is 11.6. The van der Waals surface area contributed by atoms with Crippen LogP contribution in [-0.4, -0.2) is 18.1 Å². The van der Waals surface area contributed by atoms with Crippen molar-refractivity contribution in [2.75, 3.05) is 13.2 Å². The molecule has 0 spiro atoms. The van der Waals surface area contributed by atoms with Crippen molar-refractivity contribution in [2.24, 2.45) is 15.6 Å². The lowest BCUT2D eigenvalue weighted by molar-refractivity contribution is -0.384. The zero-order valence-electron chi connectivity index (χ0n) is 20.2. The molecule has 5 rings (SSSR count). The van der Waals surface area contributed by atoms with E-state index in [1.165, 1.54) is 24.3 Å². The van der Waals surface area contributed by atoms with E-state index in [1.54, 1.807) is 24.3 Å². The van der Waals surface area contributed by atoms with Gasteiger partial charge in [-0.15, -0.1) is 0 Å². The number of nitrogens with zero attached hydrogens (tertiary/aromatic N) is 3. The highest BCUT2D eigenvalue weighted by Crippen LogP contribution is 2.65. The Hall–Kier alpha value is -3.91. The second kappa shape index (κ2) is 9.86. The number of fused-ring (bicyclic) bond motifs is 1. The summed E-state index contributed by atoms with van der Waals surface area (Å²) in [4.78, 5) is 10.3. The van der Waals surface area contributed by atoms with Crippen molar-refractivity contribution in [3.63, 3.8) is 0 Å². The number of azo groups is 1. The molecule has 1 fully saturated rings. The number of nitro benzene ring substituents is 1. The maximum absolute atomic E-state index is 13.9. The predicted molar refractivity (Wildman–Crippen MR) is 140 cm³/mol. The van der Waals surface area contributed by atoms with Gasteiger partial charge >= 0.3 is 7.60 Å². The van der Waals surface area contributed by atoms with Crippen molar-refractivity contribution in [1.29, 1.82) is 0 Å². The molecule has 0 atom stereocenters. The Kier molecular flexibility index (Phi) is 6.60. The van der Waals surface area contributed by atoms with Gasteiger partial charge in [0.1, 0.15) is 16.8 Å². The highest BCUT2D eigenvalue weighted by Gasteiger charge is 2.42. The van der Waals surface area contributed by atoms with Crippen LogP contribution >= 0.6 is 7.60 Å². The summed E-state index contributed by atoms with van der Waals surface area (Å²) in [5, 5.41) is 19.6. The van der Waals surface area contributed by atoms with Crippen LogP contribution in [0.5, 0.6) is 5.75 Å². The third-order valence-corrected chi connectivity index (χ3v) is 7.74. The van der Waals surface area contributed by atoms with E-state index in [1.807, 2.05) is 50.3 Å². The SMILES string of the molecule is CC1(C)COP(=O)(/C(=C2/C=Cc3cc(N=Nc4ccc([N+](=O)[O-])cc4)ccc3O2)c2ccccc2)OC1. The molecule has 37 heavy (non-hydrogen) atoms. The summed E-state index contributed by atoms with van der Waals surface area (Å²) in [7, 11) is -3.64. The first-order chi connectivity index (χ1) is 17.7. The predicted octanol–water partition coefficient (Wildman–Crippen LogP) is 8.05. The van der Waals surface area contributed by atoms with Crippen LogP contribution in [0.1, 0.15) is 25.0 Å². The average Bonchev–Trinajstić information content (AvgIpc) is 2.90. The lowest BCUT2D eigenvalue weighted by atomic mass is 9.97. The second-order valence-electron chi connectivity index (χ2n) is 9.42. The summed E-state index contributed by atoms with van der Waals surface area (Å²) in [5.41, 5.74) is 2.28. The fourth-order valence-corrected chi connectivity index (χ4v) is 6.01. The highest BCUT2D eigenvalue weighted by molar-refractivity contribution is 7.65. The van der Waals surface area contributed by atoms with E-state index in [-0.39, 0.29) is 11.1 Å². The van der Waals surface area contributed by atoms with Gasteiger partial charge in [-0.25, -0.2) is 0 Å². The number of rotatable bonds is 5. The van der Waals surface area contributed by atoms with Gasteiger partial charge in [-0.3, -0.25) is 14.7 Å². The standard InChI is InChI=1S/C27H24N3O6P/c1-27(2)17-34-37(33,35-18-27)26(19-6-4-3-5-7-19)25-14-8-20-16-22(11-15-24(20)36-25)29-28-21-9-12-23(13-10-21)30(31)32/h3-16H,17-18H2,1-2H3/b26-25-,29-28?.